The van der Waals surface area contributed by atoms with Crippen molar-refractivity contribution >= 4 is 45.0 Å². The van der Waals surface area contributed by atoms with E-state index in [-0.39, 0.29) is 17.2 Å². The highest BCUT2D eigenvalue weighted by molar-refractivity contribution is 7.99. The van der Waals surface area contributed by atoms with Crippen LogP contribution in [0, 0.1) is 6.92 Å². The minimum atomic E-state index is -0.188. The Bertz CT molecular complexity index is 1280. The van der Waals surface area contributed by atoms with Crippen LogP contribution in [0.3, 0.4) is 0 Å². The molecule has 2 aromatic heterocycles. The number of para-hydroxylation sites is 2. The van der Waals surface area contributed by atoms with Gasteiger partial charge in [0.15, 0.2) is 10.3 Å². The van der Waals surface area contributed by atoms with E-state index < -0.39 is 0 Å². The van der Waals surface area contributed by atoms with E-state index in [1.807, 2.05) is 54.8 Å². The number of nitrogens with one attached hydrogen (secondary N) is 1. The summed E-state index contributed by atoms with van der Waals surface area (Å²) in [5, 5.41) is 6.29. The standard InChI is InChI=1S/C22H20N4O2S2/c1-3-15-8-4-7-11-18(15)26-20(28)16-9-5-6-10-17(16)24-22(26)30-13-19(27)25-21-23-14(2)12-29-21/h4-12H,3,13H2,1-2H3,(H,23,25,27). The second kappa shape index (κ2) is 8.81. The number of amides is 1. The third kappa shape index (κ3) is 4.15. The summed E-state index contributed by atoms with van der Waals surface area (Å²) in [6.07, 6.45) is 0.781. The Kier molecular flexibility index (Phi) is 5.96. The molecule has 30 heavy (non-hydrogen) atoms. The summed E-state index contributed by atoms with van der Waals surface area (Å²) in [7, 11) is 0. The molecular weight excluding hydrogens is 416 g/mol. The number of carbonyl (C=O) groups is 1. The number of benzene rings is 2. The number of anilines is 1. The fourth-order valence-electron chi connectivity index (χ4n) is 3.15. The van der Waals surface area contributed by atoms with E-state index in [2.05, 4.69) is 17.2 Å². The second-order valence-electron chi connectivity index (χ2n) is 6.67. The molecule has 4 rings (SSSR count). The molecule has 0 aliphatic carbocycles. The van der Waals surface area contributed by atoms with Gasteiger partial charge in [-0.25, -0.2) is 9.97 Å². The molecule has 0 saturated carbocycles. The molecule has 4 aromatic rings. The van der Waals surface area contributed by atoms with Crippen LogP contribution in [0.5, 0.6) is 0 Å². The molecule has 0 unspecified atom stereocenters. The highest BCUT2D eigenvalue weighted by Gasteiger charge is 2.16. The number of thioether (sulfide) groups is 1. The molecule has 1 amide bonds. The van der Waals surface area contributed by atoms with Crippen molar-refractivity contribution in [1.82, 2.24) is 14.5 Å². The summed E-state index contributed by atoms with van der Waals surface area (Å²) < 4.78 is 1.62. The highest BCUT2D eigenvalue weighted by atomic mass is 32.2. The van der Waals surface area contributed by atoms with Gasteiger partial charge in [0.1, 0.15) is 0 Å². The molecule has 0 spiro atoms. The minimum absolute atomic E-state index is 0.123. The van der Waals surface area contributed by atoms with E-state index >= 15 is 0 Å². The lowest BCUT2D eigenvalue weighted by Gasteiger charge is -2.15. The predicted octanol–water partition coefficient (Wildman–Crippen LogP) is 4.44. The number of thiazole rings is 1. The van der Waals surface area contributed by atoms with Crippen molar-refractivity contribution in [2.45, 2.75) is 25.4 Å². The average molecular weight is 437 g/mol. The minimum Gasteiger partial charge on any atom is -0.301 e. The van der Waals surface area contributed by atoms with Crippen molar-refractivity contribution in [3.63, 3.8) is 0 Å². The van der Waals surface area contributed by atoms with E-state index in [1.165, 1.54) is 23.1 Å². The molecule has 0 fully saturated rings. The zero-order valence-electron chi connectivity index (χ0n) is 16.6. The third-order valence-corrected chi connectivity index (χ3v) is 6.37. The van der Waals surface area contributed by atoms with Gasteiger partial charge in [0.2, 0.25) is 5.91 Å². The van der Waals surface area contributed by atoms with Gasteiger partial charge in [0, 0.05) is 5.38 Å². The highest BCUT2D eigenvalue weighted by Crippen LogP contribution is 2.24. The number of aryl methyl sites for hydroxylation is 2. The Hall–Kier alpha value is -2.97. The molecule has 6 nitrogen and oxygen atoms in total. The van der Waals surface area contributed by atoms with E-state index in [9.17, 15) is 9.59 Å². The summed E-state index contributed by atoms with van der Waals surface area (Å²) >= 11 is 2.63. The van der Waals surface area contributed by atoms with Gasteiger partial charge in [-0.1, -0.05) is 49.0 Å². The molecule has 2 aromatic carbocycles. The largest absolute Gasteiger partial charge is 0.301 e. The zero-order chi connectivity index (χ0) is 21.1. The first-order valence-corrected chi connectivity index (χ1v) is 11.4. The van der Waals surface area contributed by atoms with Crippen molar-refractivity contribution < 1.29 is 4.79 Å². The number of fused-ring (bicyclic) bond motifs is 1. The maximum atomic E-state index is 13.4. The molecule has 0 aliphatic heterocycles. The van der Waals surface area contributed by atoms with E-state index in [0.29, 0.717) is 21.2 Å². The van der Waals surface area contributed by atoms with Gasteiger partial charge in [-0.05, 0) is 37.1 Å². The number of carbonyl (C=O) groups excluding carboxylic acids is 1. The fraction of sp³-hybridized carbons (Fsp3) is 0.182. The quantitative estimate of drug-likeness (QED) is 0.357. The third-order valence-electron chi connectivity index (χ3n) is 4.56. The monoisotopic (exact) mass is 436 g/mol. The summed E-state index contributed by atoms with van der Waals surface area (Å²) in [6, 6.07) is 15.1. The van der Waals surface area contributed by atoms with Crippen LogP contribution >= 0.6 is 23.1 Å². The number of nitrogens with zero attached hydrogens (tertiary/aromatic N) is 3. The van der Waals surface area contributed by atoms with Crippen molar-refractivity contribution in [2.75, 3.05) is 11.1 Å². The van der Waals surface area contributed by atoms with Crippen LogP contribution in [0.4, 0.5) is 5.13 Å². The van der Waals surface area contributed by atoms with Crippen molar-refractivity contribution in [1.29, 1.82) is 0 Å². The first-order valence-electron chi connectivity index (χ1n) is 9.51. The maximum Gasteiger partial charge on any atom is 0.266 e. The van der Waals surface area contributed by atoms with Gasteiger partial charge in [-0.3, -0.25) is 14.2 Å². The van der Waals surface area contributed by atoms with Gasteiger partial charge in [0.05, 0.1) is 28.0 Å². The SMILES string of the molecule is CCc1ccccc1-n1c(SCC(=O)Nc2nc(C)cs2)nc2ccccc2c1=O. The summed E-state index contributed by atoms with van der Waals surface area (Å²) in [4.78, 5) is 34.7. The van der Waals surface area contributed by atoms with Gasteiger partial charge in [-0.2, -0.15) is 0 Å². The van der Waals surface area contributed by atoms with E-state index in [0.717, 1.165) is 23.4 Å². The lowest BCUT2D eigenvalue weighted by molar-refractivity contribution is -0.113. The lowest BCUT2D eigenvalue weighted by atomic mass is 10.1. The van der Waals surface area contributed by atoms with Gasteiger partial charge < -0.3 is 5.32 Å². The van der Waals surface area contributed by atoms with Crippen LogP contribution in [0.25, 0.3) is 16.6 Å². The molecule has 0 aliphatic rings. The molecule has 2 heterocycles. The first-order chi connectivity index (χ1) is 14.6. The van der Waals surface area contributed by atoms with Crippen LogP contribution in [-0.4, -0.2) is 26.2 Å². The van der Waals surface area contributed by atoms with Crippen LogP contribution in [0.1, 0.15) is 18.2 Å². The van der Waals surface area contributed by atoms with Crippen molar-refractivity contribution in [3.05, 3.63) is 75.5 Å². The molecule has 0 saturated heterocycles. The van der Waals surface area contributed by atoms with Crippen LogP contribution < -0.4 is 10.9 Å². The zero-order valence-corrected chi connectivity index (χ0v) is 18.2. The number of aromatic nitrogens is 3. The normalized spacial score (nSPS) is 11.0. The topological polar surface area (TPSA) is 76.9 Å². The molecule has 8 heteroatoms. The van der Waals surface area contributed by atoms with E-state index in [4.69, 9.17) is 4.98 Å². The Balaban J connectivity index is 1.72. The Labute approximate surface area is 182 Å². The molecule has 152 valence electrons. The van der Waals surface area contributed by atoms with Crippen molar-refractivity contribution in [3.8, 4) is 5.69 Å². The smallest absolute Gasteiger partial charge is 0.266 e. The van der Waals surface area contributed by atoms with Gasteiger partial charge >= 0.3 is 0 Å². The average Bonchev–Trinajstić information content (AvgIpc) is 3.17. The molecular formula is C22H20N4O2S2. The molecule has 0 radical (unpaired) electrons. The lowest BCUT2D eigenvalue weighted by Crippen LogP contribution is -2.23. The van der Waals surface area contributed by atoms with Crippen molar-refractivity contribution in [2.24, 2.45) is 0 Å². The summed E-state index contributed by atoms with van der Waals surface area (Å²) in [5.74, 6) is -0.0652. The van der Waals surface area contributed by atoms with E-state index in [1.54, 1.807) is 10.6 Å². The van der Waals surface area contributed by atoms with Crippen LogP contribution in [0.15, 0.2) is 63.9 Å². The number of hydrogen-bond acceptors (Lipinski definition) is 6. The Morgan fingerprint density at radius 2 is 1.90 bits per heavy atom. The summed E-state index contributed by atoms with van der Waals surface area (Å²) in [5.41, 5.74) is 3.18. The number of hydrogen-bond donors (Lipinski definition) is 1. The van der Waals surface area contributed by atoms with Crippen LogP contribution in [-0.2, 0) is 11.2 Å². The predicted molar refractivity (Wildman–Crippen MR) is 123 cm³/mol. The first kappa shape index (κ1) is 20.3. The molecule has 1 N–H and O–H groups in total. The number of rotatable bonds is 6. The second-order valence-corrected chi connectivity index (χ2v) is 8.47. The van der Waals surface area contributed by atoms with Gasteiger partial charge in [0.25, 0.3) is 5.56 Å². The fourth-order valence-corrected chi connectivity index (χ4v) is 4.66. The van der Waals surface area contributed by atoms with Crippen LogP contribution in [0.2, 0.25) is 0 Å². The Morgan fingerprint density at radius 3 is 2.67 bits per heavy atom. The summed E-state index contributed by atoms with van der Waals surface area (Å²) in [6.45, 7) is 3.93. The Morgan fingerprint density at radius 1 is 1.13 bits per heavy atom. The molecule has 0 atom stereocenters. The molecule has 0 bridgehead atoms. The van der Waals surface area contributed by atoms with Gasteiger partial charge in [-0.15, -0.1) is 11.3 Å². The maximum absolute atomic E-state index is 13.4.